The zero-order valence-electron chi connectivity index (χ0n) is 4.81. The molecule has 0 fully saturated rings. The molecule has 0 N–H and O–H groups in total. The van der Waals surface area contributed by atoms with E-state index in [-0.39, 0.29) is 0 Å². The number of pyridine rings is 1. The van der Waals surface area contributed by atoms with Gasteiger partial charge < -0.3 is 0 Å². The Hall–Kier alpha value is -1.50. The van der Waals surface area contributed by atoms with Gasteiger partial charge in [0.2, 0.25) is 0 Å². The molecule has 0 saturated heterocycles. The lowest BCUT2D eigenvalue weighted by Gasteiger charge is -1.91. The number of aromatic nitrogens is 1. The molecule has 2 nitrogen and oxygen atoms in total. The zero-order valence-corrected chi connectivity index (χ0v) is 4.81. The van der Waals surface area contributed by atoms with E-state index in [4.69, 9.17) is 6.57 Å². The van der Waals surface area contributed by atoms with Gasteiger partial charge in [-0.2, -0.15) is 0 Å². The maximum atomic E-state index is 12.3. The van der Waals surface area contributed by atoms with Crippen LogP contribution in [0.3, 0.4) is 0 Å². The van der Waals surface area contributed by atoms with Crippen molar-refractivity contribution >= 4 is 5.69 Å². The van der Waals surface area contributed by atoms with Gasteiger partial charge in [-0.25, -0.2) is 13.6 Å². The molecule has 0 unspecified atom stereocenters. The highest BCUT2D eigenvalue weighted by atomic mass is 19.1. The first-order valence-corrected chi connectivity index (χ1v) is 2.42. The van der Waals surface area contributed by atoms with Crippen LogP contribution >= 0.6 is 0 Å². The van der Waals surface area contributed by atoms with Crippen LogP contribution < -0.4 is 0 Å². The van der Waals surface area contributed by atoms with Gasteiger partial charge in [-0.1, -0.05) is 0 Å². The highest BCUT2D eigenvalue weighted by Gasteiger charge is 2.06. The number of hydrogen-bond acceptors (Lipinski definition) is 1. The fraction of sp³-hybridized carbons (Fsp3) is 0. The second-order valence-electron chi connectivity index (χ2n) is 1.56. The molecule has 1 aromatic rings. The fourth-order valence-corrected chi connectivity index (χ4v) is 0.511. The van der Waals surface area contributed by atoms with Crippen LogP contribution in [0.5, 0.6) is 0 Å². The molecule has 0 radical (unpaired) electrons. The third kappa shape index (κ3) is 0.935. The van der Waals surface area contributed by atoms with Gasteiger partial charge >= 0.3 is 0 Å². The van der Waals surface area contributed by atoms with E-state index in [9.17, 15) is 8.78 Å². The van der Waals surface area contributed by atoms with Gasteiger partial charge in [0, 0.05) is 0 Å². The average molecular weight is 140 g/mol. The summed E-state index contributed by atoms with van der Waals surface area (Å²) in [6.07, 6.45) is 1.60. The Kier molecular flexibility index (Phi) is 1.59. The van der Waals surface area contributed by atoms with Crippen molar-refractivity contribution in [3.63, 3.8) is 0 Å². The largest absolute Gasteiger partial charge is 0.261 e. The summed E-state index contributed by atoms with van der Waals surface area (Å²) in [4.78, 5) is 5.83. The van der Waals surface area contributed by atoms with Gasteiger partial charge in [0.1, 0.15) is 0 Å². The molecule has 10 heavy (non-hydrogen) atoms. The van der Waals surface area contributed by atoms with E-state index in [0.29, 0.717) is 0 Å². The molecule has 0 aliphatic rings. The molecule has 0 bridgehead atoms. The maximum Gasteiger partial charge on any atom is 0.259 e. The van der Waals surface area contributed by atoms with Crippen molar-refractivity contribution in [2.45, 2.75) is 0 Å². The second-order valence-corrected chi connectivity index (χ2v) is 1.56. The van der Waals surface area contributed by atoms with E-state index in [1.807, 2.05) is 0 Å². The van der Waals surface area contributed by atoms with Crippen molar-refractivity contribution in [1.29, 1.82) is 0 Å². The summed E-state index contributed by atoms with van der Waals surface area (Å²) in [6, 6.07) is 0. The molecule has 1 rings (SSSR count). The first-order valence-electron chi connectivity index (χ1n) is 2.42. The van der Waals surface area contributed by atoms with Gasteiger partial charge in [-0.3, -0.25) is 4.98 Å². The first kappa shape index (κ1) is 6.62. The molecule has 0 saturated carbocycles. The first-order chi connectivity index (χ1) is 4.75. The lowest BCUT2D eigenvalue weighted by molar-refractivity contribution is 0.583. The van der Waals surface area contributed by atoms with Crippen LogP contribution in [0.25, 0.3) is 4.85 Å². The Labute approximate surface area is 55.9 Å². The minimum atomic E-state index is -0.921. The highest BCUT2D eigenvalue weighted by molar-refractivity contribution is 5.44. The molecule has 0 amide bonds. The minimum Gasteiger partial charge on any atom is -0.261 e. The van der Waals surface area contributed by atoms with Gasteiger partial charge in [-0.15, -0.1) is 0 Å². The van der Waals surface area contributed by atoms with Gasteiger partial charge in [0.25, 0.3) is 5.69 Å². The lowest BCUT2D eigenvalue weighted by Crippen LogP contribution is -1.82. The Morgan fingerprint density at radius 3 is 2.10 bits per heavy atom. The zero-order chi connectivity index (χ0) is 7.56. The SMILES string of the molecule is [C-]#[N+]c1c(F)cncc1F. The lowest BCUT2D eigenvalue weighted by atomic mass is 10.4. The van der Waals surface area contributed by atoms with Gasteiger partial charge in [-0.05, 0) is 0 Å². The second kappa shape index (κ2) is 2.40. The Morgan fingerprint density at radius 2 is 1.80 bits per heavy atom. The molecule has 0 aromatic carbocycles. The maximum absolute atomic E-state index is 12.3. The third-order valence-corrected chi connectivity index (χ3v) is 0.940. The smallest absolute Gasteiger partial charge is 0.259 e. The van der Waals surface area contributed by atoms with Crippen molar-refractivity contribution < 1.29 is 8.78 Å². The van der Waals surface area contributed by atoms with E-state index >= 15 is 0 Å². The average Bonchev–Trinajstić information content (AvgIpc) is 1.88. The van der Waals surface area contributed by atoms with Gasteiger partial charge in [0.15, 0.2) is 11.6 Å². The van der Waals surface area contributed by atoms with Crippen LogP contribution in [-0.2, 0) is 0 Å². The molecule has 50 valence electrons. The van der Waals surface area contributed by atoms with E-state index < -0.39 is 17.3 Å². The van der Waals surface area contributed by atoms with Crippen LogP contribution in [0, 0.1) is 18.2 Å². The van der Waals surface area contributed by atoms with E-state index in [1.54, 1.807) is 0 Å². The predicted octanol–water partition coefficient (Wildman–Crippen LogP) is 1.91. The summed E-state index contributed by atoms with van der Waals surface area (Å²) in [5, 5.41) is 0. The monoisotopic (exact) mass is 140 g/mol. The quantitative estimate of drug-likeness (QED) is 0.503. The fourth-order valence-electron chi connectivity index (χ4n) is 0.511. The summed E-state index contributed by atoms with van der Waals surface area (Å²) in [5.74, 6) is -1.84. The van der Waals surface area contributed by atoms with Crippen LogP contribution in [0.1, 0.15) is 0 Å². The minimum absolute atomic E-state index is 0.602. The van der Waals surface area contributed by atoms with Crippen LogP contribution in [-0.4, -0.2) is 4.98 Å². The predicted molar refractivity (Wildman–Crippen MR) is 30.4 cm³/mol. The van der Waals surface area contributed by atoms with E-state index in [0.717, 1.165) is 12.4 Å². The summed E-state index contributed by atoms with van der Waals surface area (Å²) >= 11 is 0. The van der Waals surface area contributed by atoms with E-state index in [1.165, 1.54) is 0 Å². The summed E-state index contributed by atoms with van der Waals surface area (Å²) in [7, 11) is 0. The molecule has 1 heterocycles. The summed E-state index contributed by atoms with van der Waals surface area (Å²) < 4.78 is 24.7. The van der Waals surface area contributed by atoms with Crippen molar-refractivity contribution in [1.82, 2.24) is 4.98 Å². The van der Waals surface area contributed by atoms with Crippen LogP contribution in [0.15, 0.2) is 12.4 Å². The summed E-state index contributed by atoms with van der Waals surface area (Å²) in [5.41, 5.74) is -0.602. The van der Waals surface area contributed by atoms with Crippen molar-refractivity contribution in [3.05, 3.63) is 35.4 Å². The number of halogens is 2. The Balaban J connectivity index is 3.34. The van der Waals surface area contributed by atoms with Gasteiger partial charge in [0.05, 0.1) is 19.0 Å². The normalized spacial score (nSPS) is 8.90. The number of nitrogens with zero attached hydrogens (tertiary/aromatic N) is 2. The third-order valence-electron chi connectivity index (χ3n) is 0.940. The number of hydrogen-bond donors (Lipinski definition) is 0. The van der Waals surface area contributed by atoms with Crippen molar-refractivity contribution in [2.75, 3.05) is 0 Å². The van der Waals surface area contributed by atoms with Crippen molar-refractivity contribution in [3.8, 4) is 0 Å². The molecule has 0 spiro atoms. The highest BCUT2D eigenvalue weighted by Crippen LogP contribution is 2.19. The standard InChI is InChI=1S/C6H2F2N2/c1-9-6-4(7)2-10-3-5(6)8/h2-3H. The number of rotatable bonds is 0. The van der Waals surface area contributed by atoms with Crippen LogP contribution in [0.2, 0.25) is 0 Å². The van der Waals surface area contributed by atoms with Crippen LogP contribution in [0.4, 0.5) is 14.5 Å². The molecule has 1 aromatic heterocycles. The molecule has 0 aliphatic heterocycles. The van der Waals surface area contributed by atoms with Crippen molar-refractivity contribution in [2.24, 2.45) is 0 Å². The molecule has 4 heteroatoms. The van der Waals surface area contributed by atoms with E-state index in [2.05, 4.69) is 9.83 Å². The molecular weight excluding hydrogens is 138 g/mol. The molecular formula is C6H2F2N2. The molecule has 0 atom stereocenters. The Bertz CT molecular complexity index is 270. The Morgan fingerprint density at radius 1 is 1.30 bits per heavy atom. The topological polar surface area (TPSA) is 17.2 Å². The summed E-state index contributed by atoms with van der Waals surface area (Å²) in [6.45, 7) is 6.34. The molecule has 0 aliphatic carbocycles.